The monoisotopic (exact) mass is 318 g/mol. The van der Waals surface area contributed by atoms with Gasteiger partial charge in [-0.1, -0.05) is 29.8 Å². The molecule has 0 radical (unpaired) electrons. The number of carbonyl (C=O) groups is 1. The molecule has 2 atom stereocenters. The van der Waals surface area contributed by atoms with E-state index in [1.165, 1.54) is 11.1 Å². The fourth-order valence-electron chi connectivity index (χ4n) is 2.98. The molecule has 128 valence electrons. The van der Waals surface area contributed by atoms with Crippen molar-refractivity contribution in [2.45, 2.75) is 65.1 Å². The zero-order valence-corrected chi connectivity index (χ0v) is 15.1. The molecule has 0 saturated carbocycles. The number of hydrogen-bond acceptors (Lipinski definition) is 3. The Hall–Kier alpha value is -1.55. The number of rotatable bonds is 4. The quantitative estimate of drug-likeness (QED) is 0.911. The number of carbonyl (C=O) groups excluding carboxylic acids is 1. The average Bonchev–Trinajstić information content (AvgIpc) is 2.91. The predicted molar refractivity (Wildman–Crippen MR) is 93.6 cm³/mol. The van der Waals surface area contributed by atoms with Crippen molar-refractivity contribution in [3.8, 4) is 0 Å². The molecule has 1 aromatic carbocycles. The van der Waals surface area contributed by atoms with Crippen LogP contribution >= 0.6 is 0 Å². The van der Waals surface area contributed by atoms with Crippen LogP contribution in [0.3, 0.4) is 0 Å². The summed E-state index contributed by atoms with van der Waals surface area (Å²) in [4.78, 5) is 14.2. The zero-order chi connectivity index (χ0) is 17.0. The smallest absolute Gasteiger partial charge is 0.410 e. The van der Waals surface area contributed by atoms with E-state index in [0.717, 1.165) is 25.9 Å². The van der Waals surface area contributed by atoms with Crippen molar-refractivity contribution in [3.05, 3.63) is 35.4 Å². The summed E-state index contributed by atoms with van der Waals surface area (Å²) in [6.45, 7) is 11.6. The van der Waals surface area contributed by atoms with E-state index in [4.69, 9.17) is 4.74 Å². The van der Waals surface area contributed by atoms with E-state index in [1.807, 2.05) is 25.7 Å². The highest BCUT2D eigenvalue weighted by atomic mass is 16.6. The van der Waals surface area contributed by atoms with Gasteiger partial charge in [0.1, 0.15) is 5.60 Å². The maximum atomic E-state index is 12.3. The van der Waals surface area contributed by atoms with Crippen LogP contribution in [0.2, 0.25) is 0 Å². The Morgan fingerprint density at radius 1 is 1.43 bits per heavy atom. The van der Waals surface area contributed by atoms with Gasteiger partial charge in [-0.25, -0.2) is 4.79 Å². The van der Waals surface area contributed by atoms with Crippen LogP contribution in [-0.4, -0.2) is 35.7 Å². The third kappa shape index (κ3) is 5.24. The lowest BCUT2D eigenvalue weighted by molar-refractivity contribution is 0.0225. The van der Waals surface area contributed by atoms with Gasteiger partial charge in [0.05, 0.1) is 0 Å². The van der Waals surface area contributed by atoms with Crippen molar-refractivity contribution in [1.29, 1.82) is 0 Å². The number of hydrogen-bond donors (Lipinski definition) is 1. The Labute approximate surface area is 140 Å². The predicted octanol–water partition coefficient (Wildman–Crippen LogP) is 4.05. The van der Waals surface area contributed by atoms with Crippen molar-refractivity contribution in [2.24, 2.45) is 0 Å². The SMILES string of the molecule is Cc1cccc(C(C)NCC2CCCN2C(=O)OC(C)(C)C)c1. The lowest BCUT2D eigenvalue weighted by atomic mass is 10.1. The van der Waals surface area contributed by atoms with Gasteiger partial charge in [0, 0.05) is 25.2 Å². The Balaban J connectivity index is 1.90. The molecule has 2 rings (SSSR count). The van der Waals surface area contributed by atoms with Gasteiger partial charge in [0.25, 0.3) is 0 Å². The minimum absolute atomic E-state index is 0.190. The topological polar surface area (TPSA) is 41.6 Å². The summed E-state index contributed by atoms with van der Waals surface area (Å²) in [6, 6.07) is 9.04. The molecule has 1 aliphatic heterocycles. The molecular weight excluding hydrogens is 288 g/mol. The van der Waals surface area contributed by atoms with Gasteiger partial charge in [-0.15, -0.1) is 0 Å². The lowest BCUT2D eigenvalue weighted by Crippen LogP contribution is -2.44. The number of amides is 1. The fraction of sp³-hybridized carbons (Fsp3) is 0.632. The molecule has 0 spiro atoms. The first-order chi connectivity index (χ1) is 10.8. The second-order valence-corrected chi connectivity index (χ2v) is 7.51. The lowest BCUT2D eigenvalue weighted by Gasteiger charge is -2.29. The van der Waals surface area contributed by atoms with Gasteiger partial charge in [0.15, 0.2) is 0 Å². The number of nitrogens with zero attached hydrogens (tertiary/aromatic N) is 1. The van der Waals surface area contributed by atoms with Crippen LogP contribution in [0.5, 0.6) is 0 Å². The second kappa shape index (κ2) is 7.35. The Bertz CT molecular complexity index is 536. The molecule has 4 heteroatoms. The summed E-state index contributed by atoms with van der Waals surface area (Å²) in [5, 5.41) is 3.57. The summed E-state index contributed by atoms with van der Waals surface area (Å²) < 4.78 is 5.52. The molecule has 4 nitrogen and oxygen atoms in total. The highest BCUT2D eigenvalue weighted by molar-refractivity contribution is 5.69. The minimum atomic E-state index is -0.438. The van der Waals surface area contributed by atoms with Crippen LogP contribution in [0, 0.1) is 6.92 Å². The Kier molecular flexibility index (Phi) is 5.69. The van der Waals surface area contributed by atoms with Gasteiger partial charge >= 0.3 is 6.09 Å². The maximum absolute atomic E-state index is 12.3. The molecule has 0 aliphatic carbocycles. The summed E-state index contributed by atoms with van der Waals surface area (Å²) in [5.74, 6) is 0. The number of nitrogens with one attached hydrogen (secondary N) is 1. The third-order valence-corrected chi connectivity index (χ3v) is 4.21. The Morgan fingerprint density at radius 2 is 2.17 bits per heavy atom. The van der Waals surface area contributed by atoms with E-state index >= 15 is 0 Å². The van der Waals surface area contributed by atoms with E-state index in [0.29, 0.717) is 0 Å². The van der Waals surface area contributed by atoms with Crippen LogP contribution in [0.25, 0.3) is 0 Å². The highest BCUT2D eigenvalue weighted by Crippen LogP contribution is 2.21. The number of aryl methyl sites for hydroxylation is 1. The fourth-order valence-corrected chi connectivity index (χ4v) is 2.98. The number of ether oxygens (including phenoxy) is 1. The van der Waals surface area contributed by atoms with Crippen molar-refractivity contribution >= 4 is 6.09 Å². The zero-order valence-electron chi connectivity index (χ0n) is 15.1. The van der Waals surface area contributed by atoms with Crippen molar-refractivity contribution in [1.82, 2.24) is 10.2 Å². The van der Waals surface area contributed by atoms with Crippen LogP contribution in [-0.2, 0) is 4.74 Å². The first kappa shape index (κ1) is 17.8. The average molecular weight is 318 g/mol. The Morgan fingerprint density at radius 3 is 2.83 bits per heavy atom. The normalized spacial score (nSPS) is 19.7. The van der Waals surface area contributed by atoms with Crippen LogP contribution < -0.4 is 5.32 Å². The van der Waals surface area contributed by atoms with Gasteiger partial charge in [-0.2, -0.15) is 0 Å². The molecular formula is C19H30N2O2. The maximum Gasteiger partial charge on any atom is 0.410 e. The molecule has 2 unspecified atom stereocenters. The summed E-state index contributed by atoms with van der Waals surface area (Å²) in [6.07, 6.45) is 1.89. The van der Waals surface area contributed by atoms with Gasteiger partial charge in [-0.05, 0) is 53.0 Å². The van der Waals surface area contributed by atoms with E-state index < -0.39 is 5.60 Å². The van der Waals surface area contributed by atoms with E-state index in [2.05, 4.69) is 43.4 Å². The molecule has 1 saturated heterocycles. The van der Waals surface area contributed by atoms with Crippen LogP contribution in [0.1, 0.15) is 57.7 Å². The molecule has 1 amide bonds. The van der Waals surface area contributed by atoms with E-state index in [1.54, 1.807) is 0 Å². The molecule has 1 aliphatic rings. The van der Waals surface area contributed by atoms with Crippen LogP contribution in [0.4, 0.5) is 4.79 Å². The molecule has 0 bridgehead atoms. The molecule has 0 aromatic heterocycles. The second-order valence-electron chi connectivity index (χ2n) is 7.51. The van der Waals surface area contributed by atoms with E-state index in [9.17, 15) is 4.79 Å². The van der Waals surface area contributed by atoms with Crippen molar-refractivity contribution in [2.75, 3.05) is 13.1 Å². The summed E-state index contributed by atoms with van der Waals surface area (Å²) >= 11 is 0. The van der Waals surface area contributed by atoms with Gasteiger partial charge in [0.2, 0.25) is 0 Å². The molecule has 1 fully saturated rings. The number of likely N-dealkylation sites (tertiary alicyclic amines) is 1. The first-order valence-corrected chi connectivity index (χ1v) is 8.56. The van der Waals surface area contributed by atoms with E-state index in [-0.39, 0.29) is 18.2 Å². The number of benzene rings is 1. The van der Waals surface area contributed by atoms with Crippen molar-refractivity contribution in [3.63, 3.8) is 0 Å². The standard InChI is InChI=1S/C19H30N2O2/c1-14-8-6-9-16(12-14)15(2)20-13-17-10-7-11-21(17)18(22)23-19(3,4)5/h6,8-9,12,15,17,20H,7,10-11,13H2,1-5H3. The van der Waals surface area contributed by atoms with Crippen LogP contribution in [0.15, 0.2) is 24.3 Å². The summed E-state index contributed by atoms with van der Waals surface area (Å²) in [5.41, 5.74) is 2.12. The minimum Gasteiger partial charge on any atom is -0.444 e. The van der Waals surface area contributed by atoms with Gasteiger partial charge < -0.3 is 15.0 Å². The third-order valence-electron chi connectivity index (χ3n) is 4.21. The molecule has 1 N–H and O–H groups in total. The molecule has 1 aromatic rings. The first-order valence-electron chi connectivity index (χ1n) is 8.56. The molecule has 23 heavy (non-hydrogen) atoms. The van der Waals surface area contributed by atoms with Gasteiger partial charge in [-0.3, -0.25) is 0 Å². The summed E-state index contributed by atoms with van der Waals surface area (Å²) in [7, 11) is 0. The van der Waals surface area contributed by atoms with Crippen molar-refractivity contribution < 1.29 is 9.53 Å². The highest BCUT2D eigenvalue weighted by Gasteiger charge is 2.32. The molecule has 1 heterocycles. The largest absolute Gasteiger partial charge is 0.444 e.